The molecule has 0 radical (unpaired) electrons. The van der Waals surface area contributed by atoms with E-state index in [0.29, 0.717) is 13.2 Å². The van der Waals surface area contributed by atoms with Crippen LogP contribution in [0.4, 0.5) is 0 Å². The molecule has 1 heterocycles. The van der Waals surface area contributed by atoms with Crippen LogP contribution in [0.1, 0.15) is 39.6 Å². The maximum Gasteiger partial charge on any atom is 0.243 e. The van der Waals surface area contributed by atoms with Crippen LogP contribution >= 0.6 is 0 Å². The monoisotopic (exact) mass is 253 g/mol. The molecule has 0 saturated heterocycles. The minimum absolute atomic E-state index is 0.0270. The van der Waals surface area contributed by atoms with Gasteiger partial charge in [0.15, 0.2) is 0 Å². The second kappa shape index (κ2) is 6.00. The zero-order chi connectivity index (χ0) is 13.8. The van der Waals surface area contributed by atoms with Crippen molar-refractivity contribution in [3.8, 4) is 0 Å². The number of aryl methyl sites for hydroxylation is 1. The number of carbonyl (C=O) groups is 1. The Morgan fingerprint density at radius 3 is 2.78 bits per heavy atom. The Kier molecular flexibility index (Phi) is 4.90. The molecule has 0 spiro atoms. The molecule has 1 N–H and O–H groups in total. The average molecular weight is 253 g/mol. The second-order valence-corrected chi connectivity index (χ2v) is 5.07. The molecule has 0 aliphatic rings. The Hall–Kier alpha value is -1.36. The second-order valence-electron chi connectivity index (χ2n) is 5.07. The van der Waals surface area contributed by atoms with E-state index in [1.165, 1.54) is 0 Å². The molecule has 0 fully saturated rings. The molecule has 1 rings (SSSR count). The number of hydrogen-bond donors (Lipinski definition) is 1. The van der Waals surface area contributed by atoms with E-state index < -0.39 is 0 Å². The summed E-state index contributed by atoms with van der Waals surface area (Å²) in [6, 6.07) is -0.270. The maximum absolute atomic E-state index is 12.2. The Morgan fingerprint density at radius 2 is 2.28 bits per heavy atom. The zero-order valence-electron chi connectivity index (χ0n) is 11.9. The number of rotatable bonds is 6. The number of hydrogen-bond acceptors (Lipinski definition) is 3. The Bertz CT molecular complexity index is 399. The van der Waals surface area contributed by atoms with Crippen molar-refractivity contribution in [3.63, 3.8) is 0 Å². The Balaban J connectivity index is 2.63. The third-order valence-electron chi connectivity index (χ3n) is 2.79. The third-order valence-corrected chi connectivity index (χ3v) is 2.79. The quantitative estimate of drug-likeness (QED) is 0.839. The van der Waals surface area contributed by atoms with Crippen molar-refractivity contribution >= 4 is 5.91 Å². The van der Waals surface area contributed by atoms with Crippen molar-refractivity contribution < 1.29 is 9.53 Å². The van der Waals surface area contributed by atoms with Crippen molar-refractivity contribution in [2.45, 2.75) is 46.2 Å². The van der Waals surface area contributed by atoms with Crippen LogP contribution in [0.15, 0.2) is 12.4 Å². The van der Waals surface area contributed by atoms with Gasteiger partial charge in [0.05, 0.1) is 12.1 Å². The van der Waals surface area contributed by atoms with E-state index in [1.54, 1.807) is 6.20 Å². The summed E-state index contributed by atoms with van der Waals surface area (Å²) in [5.41, 5.74) is -0.365. The number of nitrogens with zero attached hydrogens (tertiary/aromatic N) is 2. The van der Waals surface area contributed by atoms with Crippen LogP contribution < -0.4 is 5.32 Å². The summed E-state index contributed by atoms with van der Waals surface area (Å²) in [7, 11) is 0. The highest BCUT2D eigenvalue weighted by atomic mass is 16.5. The van der Waals surface area contributed by atoms with E-state index >= 15 is 0 Å². The number of aromatic nitrogens is 2. The lowest BCUT2D eigenvalue weighted by atomic mass is 10.1. The average Bonchev–Trinajstić information content (AvgIpc) is 2.71. The van der Waals surface area contributed by atoms with Crippen LogP contribution in [0.25, 0.3) is 0 Å². The fourth-order valence-corrected chi connectivity index (χ4v) is 1.75. The van der Waals surface area contributed by atoms with Gasteiger partial charge in [-0.25, -0.2) is 4.98 Å². The van der Waals surface area contributed by atoms with Crippen molar-refractivity contribution in [2.24, 2.45) is 0 Å². The first-order valence-corrected chi connectivity index (χ1v) is 6.26. The van der Waals surface area contributed by atoms with E-state index in [1.807, 2.05) is 45.4 Å². The summed E-state index contributed by atoms with van der Waals surface area (Å²) in [5.74, 6) is 0.807. The molecule has 1 aromatic heterocycles. The van der Waals surface area contributed by atoms with Crippen molar-refractivity contribution in [3.05, 3.63) is 18.2 Å². The summed E-state index contributed by atoms with van der Waals surface area (Å²) in [6.45, 7) is 10.7. The first-order valence-electron chi connectivity index (χ1n) is 6.26. The molecular formula is C13H23N3O2. The molecule has 0 unspecified atom stereocenters. The molecule has 1 atom stereocenters. The van der Waals surface area contributed by atoms with Gasteiger partial charge in [0.2, 0.25) is 5.91 Å². The molecule has 1 aromatic rings. The fourth-order valence-electron chi connectivity index (χ4n) is 1.75. The molecule has 1 amide bonds. The number of amides is 1. The predicted octanol–water partition coefficient (Wildman–Crippen LogP) is 1.68. The van der Waals surface area contributed by atoms with Crippen LogP contribution in [0.2, 0.25) is 0 Å². The highest BCUT2D eigenvalue weighted by molar-refractivity contribution is 5.80. The number of ether oxygens (including phenoxy) is 1. The van der Waals surface area contributed by atoms with Gasteiger partial charge in [-0.1, -0.05) is 0 Å². The van der Waals surface area contributed by atoms with E-state index in [9.17, 15) is 4.79 Å². The first kappa shape index (κ1) is 14.7. The molecule has 0 aromatic carbocycles. The Morgan fingerprint density at radius 1 is 1.61 bits per heavy atom. The van der Waals surface area contributed by atoms with Crippen LogP contribution in [0.3, 0.4) is 0 Å². The molecule has 0 saturated carbocycles. The number of imidazole rings is 1. The van der Waals surface area contributed by atoms with Gasteiger partial charge >= 0.3 is 0 Å². The molecule has 5 heteroatoms. The van der Waals surface area contributed by atoms with Gasteiger partial charge in [0.1, 0.15) is 11.9 Å². The van der Waals surface area contributed by atoms with Crippen LogP contribution in [0.5, 0.6) is 0 Å². The third kappa shape index (κ3) is 3.84. The minimum Gasteiger partial charge on any atom is -0.379 e. The lowest BCUT2D eigenvalue weighted by Crippen LogP contribution is -2.49. The molecule has 0 bridgehead atoms. The van der Waals surface area contributed by atoms with E-state index in [-0.39, 0.29) is 17.5 Å². The summed E-state index contributed by atoms with van der Waals surface area (Å²) in [5, 5.41) is 2.99. The smallest absolute Gasteiger partial charge is 0.243 e. The van der Waals surface area contributed by atoms with E-state index in [4.69, 9.17) is 4.74 Å². The fraction of sp³-hybridized carbons (Fsp3) is 0.692. The molecule has 5 nitrogen and oxygen atoms in total. The zero-order valence-corrected chi connectivity index (χ0v) is 11.9. The standard InChI is InChI=1S/C13H23N3O2/c1-6-18-9-13(4,5)15-12(17)10(2)16-8-7-14-11(16)3/h7-8,10H,6,9H2,1-5H3,(H,15,17)/t10-/m1/s1. The summed E-state index contributed by atoms with van der Waals surface area (Å²) in [6.07, 6.45) is 3.51. The molecule has 0 aliphatic carbocycles. The molecular weight excluding hydrogens is 230 g/mol. The topological polar surface area (TPSA) is 56.1 Å². The van der Waals surface area contributed by atoms with Gasteiger partial charge in [0, 0.05) is 19.0 Å². The lowest BCUT2D eigenvalue weighted by Gasteiger charge is -2.28. The van der Waals surface area contributed by atoms with Crippen LogP contribution in [-0.2, 0) is 9.53 Å². The van der Waals surface area contributed by atoms with E-state index in [2.05, 4.69) is 10.3 Å². The SMILES string of the molecule is CCOCC(C)(C)NC(=O)[C@@H](C)n1ccnc1C. The van der Waals surface area contributed by atoms with Gasteiger partial charge in [-0.3, -0.25) is 4.79 Å². The summed E-state index contributed by atoms with van der Waals surface area (Å²) >= 11 is 0. The van der Waals surface area contributed by atoms with Gasteiger partial charge in [-0.05, 0) is 34.6 Å². The summed E-state index contributed by atoms with van der Waals surface area (Å²) in [4.78, 5) is 16.3. The first-order chi connectivity index (χ1) is 8.37. The maximum atomic E-state index is 12.2. The largest absolute Gasteiger partial charge is 0.379 e. The Labute approximate surface area is 109 Å². The number of carbonyl (C=O) groups excluding carboxylic acids is 1. The highest BCUT2D eigenvalue weighted by Gasteiger charge is 2.24. The van der Waals surface area contributed by atoms with Crippen LogP contribution in [0, 0.1) is 6.92 Å². The lowest BCUT2D eigenvalue weighted by molar-refractivity contribution is -0.126. The minimum atomic E-state index is -0.365. The van der Waals surface area contributed by atoms with Gasteiger partial charge < -0.3 is 14.6 Å². The summed E-state index contributed by atoms with van der Waals surface area (Å²) < 4.78 is 7.21. The van der Waals surface area contributed by atoms with Crippen LogP contribution in [-0.4, -0.2) is 34.2 Å². The van der Waals surface area contributed by atoms with Crippen molar-refractivity contribution in [1.82, 2.24) is 14.9 Å². The normalized spacial score (nSPS) is 13.4. The van der Waals surface area contributed by atoms with Gasteiger partial charge in [-0.2, -0.15) is 0 Å². The molecule has 0 aliphatic heterocycles. The van der Waals surface area contributed by atoms with Gasteiger partial charge in [-0.15, -0.1) is 0 Å². The number of nitrogens with one attached hydrogen (secondary N) is 1. The molecule has 102 valence electrons. The van der Waals surface area contributed by atoms with Crippen molar-refractivity contribution in [1.29, 1.82) is 0 Å². The predicted molar refractivity (Wildman–Crippen MR) is 70.4 cm³/mol. The van der Waals surface area contributed by atoms with Gasteiger partial charge in [0.25, 0.3) is 0 Å². The van der Waals surface area contributed by atoms with E-state index in [0.717, 1.165) is 5.82 Å². The van der Waals surface area contributed by atoms with Crippen molar-refractivity contribution in [2.75, 3.05) is 13.2 Å². The highest BCUT2D eigenvalue weighted by Crippen LogP contribution is 2.11. The molecule has 18 heavy (non-hydrogen) atoms.